The molecule has 7 nitrogen and oxygen atoms in total. The van der Waals surface area contributed by atoms with Crippen LogP contribution in [0.15, 0.2) is 42.5 Å². The number of rotatable bonds is 8. The molecule has 8 heteroatoms. The highest BCUT2D eigenvalue weighted by Crippen LogP contribution is 2.26. The van der Waals surface area contributed by atoms with Crippen molar-refractivity contribution >= 4 is 17.5 Å². The maximum Gasteiger partial charge on any atom is 0.251 e. The Morgan fingerprint density at radius 3 is 2.42 bits per heavy atom. The number of ether oxygens (including phenoxy) is 1. The van der Waals surface area contributed by atoms with Gasteiger partial charge in [0.15, 0.2) is 5.82 Å². The van der Waals surface area contributed by atoms with E-state index in [0.29, 0.717) is 28.6 Å². The molecule has 176 valence electrons. The molecule has 0 bridgehead atoms. The van der Waals surface area contributed by atoms with Crippen molar-refractivity contribution in [2.24, 2.45) is 0 Å². The minimum absolute atomic E-state index is 0.0170. The number of hydrogen-bond donors (Lipinski definition) is 3. The fraction of sp³-hybridized carbons (Fsp3) is 0.400. The lowest BCUT2D eigenvalue weighted by atomic mass is 9.96. The van der Waals surface area contributed by atoms with Gasteiger partial charge in [0.05, 0.1) is 23.8 Å². The third-order valence-electron chi connectivity index (χ3n) is 5.00. The zero-order valence-electron chi connectivity index (χ0n) is 19.6. The number of benzene rings is 2. The van der Waals surface area contributed by atoms with Crippen molar-refractivity contribution in [3.8, 4) is 17.1 Å². The van der Waals surface area contributed by atoms with E-state index in [0.717, 1.165) is 17.0 Å². The first kappa shape index (κ1) is 24.7. The molecular weight excluding hydrogens is 440 g/mol. The van der Waals surface area contributed by atoms with Gasteiger partial charge in [0, 0.05) is 16.5 Å². The van der Waals surface area contributed by atoms with Crippen molar-refractivity contribution in [2.45, 2.75) is 58.6 Å². The van der Waals surface area contributed by atoms with Crippen LogP contribution >= 0.6 is 11.6 Å². The minimum Gasteiger partial charge on any atom is -0.489 e. The van der Waals surface area contributed by atoms with Crippen LogP contribution in [0.1, 0.15) is 56.4 Å². The molecule has 3 aromatic rings. The highest BCUT2D eigenvalue weighted by molar-refractivity contribution is 6.32. The van der Waals surface area contributed by atoms with Crippen molar-refractivity contribution in [3.63, 3.8) is 0 Å². The standard InChI is InChI=1S/C25H31ClN4O3/c1-15(2)33-21-11-10-18(13-20(21)26)23(32)27-19(14-31)12-16-6-8-17(9-7-16)22-28-24(30-29-22)25(3,4)5/h6-11,13,15,19,31H,12,14H2,1-5H3,(H,27,32)(H,28,29,30). The van der Waals surface area contributed by atoms with Crippen LogP contribution < -0.4 is 10.1 Å². The normalized spacial score (nSPS) is 12.6. The number of carbonyl (C=O) groups excluding carboxylic acids is 1. The number of aliphatic hydroxyl groups is 1. The van der Waals surface area contributed by atoms with Gasteiger partial charge in [-0.2, -0.15) is 5.10 Å². The zero-order valence-corrected chi connectivity index (χ0v) is 20.4. The molecule has 1 atom stereocenters. The number of aromatic amines is 1. The molecule has 0 saturated heterocycles. The summed E-state index contributed by atoms with van der Waals surface area (Å²) in [5.74, 6) is 1.69. The molecule has 0 saturated carbocycles. The zero-order chi connectivity index (χ0) is 24.2. The van der Waals surface area contributed by atoms with Gasteiger partial charge in [0.1, 0.15) is 11.6 Å². The number of carbonyl (C=O) groups is 1. The van der Waals surface area contributed by atoms with Gasteiger partial charge in [-0.3, -0.25) is 9.89 Å². The van der Waals surface area contributed by atoms with Gasteiger partial charge >= 0.3 is 0 Å². The number of aromatic nitrogens is 3. The maximum atomic E-state index is 12.7. The Morgan fingerprint density at radius 2 is 1.88 bits per heavy atom. The maximum absolute atomic E-state index is 12.7. The summed E-state index contributed by atoms with van der Waals surface area (Å²) in [4.78, 5) is 17.2. The van der Waals surface area contributed by atoms with E-state index in [4.69, 9.17) is 16.3 Å². The largest absolute Gasteiger partial charge is 0.489 e. The molecule has 2 aromatic carbocycles. The summed E-state index contributed by atoms with van der Waals surface area (Å²) in [5, 5.41) is 20.3. The Labute approximate surface area is 199 Å². The fourth-order valence-electron chi connectivity index (χ4n) is 3.22. The van der Waals surface area contributed by atoms with E-state index in [2.05, 4.69) is 41.3 Å². The monoisotopic (exact) mass is 470 g/mol. The fourth-order valence-corrected chi connectivity index (χ4v) is 3.45. The van der Waals surface area contributed by atoms with Crippen molar-refractivity contribution < 1.29 is 14.6 Å². The highest BCUT2D eigenvalue weighted by Gasteiger charge is 2.19. The van der Waals surface area contributed by atoms with Gasteiger partial charge in [-0.1, -0.05) is 56.6 Å². The summed E-state index contributed by atoms with van der Waals surface area (Å²) < 4.78 is 5.61. The Balaban J connectivity index is 1.64. The molecule has 0 radical (unpaired) electrons. The molecule has 0 aliphatic heterocycles. The van der Waals surface area contributed by atoms with E-state index in [1.165, 1.54) is 0 Å². The van der Waals surface area contributed by atoms with Crippen molar-refractivity contribution in [1.29, 1.82) is 0 Å². The van der Waals surface area contributed by atoms with Crippen LogP contribution in [0.2, 0.25) is 5.02 Å². The molecule has 33 heavy (non-hydrogen) atoms. The highest BCUT2D eigenvalue weighted by atomic mass is 35.5. The van der Waals surface area contributed by atoms with Gasteiger partial charge in [0.2, 0.25) is 0 Å². The molecule has 1 aromatic heterocycles. The lowest BCUT2D eigenvalue weighted by Crippen LogP contribution is -2.39. The smallest absolute Gasteiger partial charge is 0.251 e. The van der Waals surface area contributed by atoms with E-state index < -0.39 is 6.04 Å². The van der Waals surface area contributed by atoms with Crippen LogP contribution in [0, 0.1) is 0 Å². The van der Waals surface area contributed by atoms with Crippen LogP contribution in [0.3, 0.4) is 0 Å². The number of halogens is 1. The first-order chi connectivity index (χ1) is 15.6. The third kappa shape index (κ3) is 6.55. The quantitative estimate of drug-likeness (QED) is 0.448. The van der Waals surface area contributed by atoms with Gasteiger partial charge in [-0.05, 0) is 44.0 Å². The molecule has 0 aliphatic carbocycles. The molecule has 3 rings (SSSR count). The number of nitrogens with zero attached hydrogens (tertiary/aromatic N) is 2. The minimum atomic E-state index is -0.440. The third-order valence-corrected chi connectivity index (χ3v) is 5.30. The Bertz CT molecular complexity index is 1090. The van der Waals surface area contributed by atoms with Crippen molar-refractivity contribution in [3.05, 3.63) is 64.4 Å². The van der Waals surface area contributed by atoms with Crippen molar-refractivity contribution in [1.82, 2.24) is 20.5 Å². The lowest BCUT2D eigenvalue weighted by Gasteiger charge is -2.17. The van der Waals surface area contributed by atoms with Crippen molar-refractivity contribution in [2.75, 3.05) is 6.61 Å². The summed E-state index contributed by atoms with van der Waals surface area (Å²) in [6.45, 7) is 9.85. The van der Waals surface area contributed by atoms with E-state index >= 15 is 0 Å². The molecule has 0 fully saturated rings. The molecular formula is C25H31ClN4O3. The van der Waals surface area contributed by atoms with E-state index in [-0.39, 0.29) is 24.0 Å². The average molecular weight is 471 g/mol. The average Bonchev–Trinajstić information content (AvgIpc) is 3.26. The second-order valence-corrected chi connectivity index (χ2v) is 9.73. The Morgan fingerprint density at radius 1 is 1.18 bits per heavy atom. The van der Waals surface area contributed by atoms with Crippen LogP contribution in [-0.4, -0.2) is 44.9 Å². The molecule has 1 heterocycles. The van der Waals surface area contributed by atoms with Crippen LogP contribution in [0.5, 0.6) is 5.75 Å². The molecule has 1 amide bonds. The predicted octanol–water partition coefficient (Wildman–Crippen LogP) is 4.54. The number of amides is 1. The summed E-state index contributed by atoms with van der Waals surface area (Å²) in [5.41, 5.74) is 2.17. The topological polar surface area (TPSA) is 100 Å². The molecule has 0 spiro atoms. The van der Waals surface area contributed by atoms with Gasteiger partial charge < -0.3 is 15.2 Å². The molecule has 3 N–H and O–H groups in total. The first-order valence-corrected chi connectivity index (χ1v) is 11.3. The van der Waals surface area contributed by atoms with E-state index in [1.54, 1.807) is 18.2 Å². The van der Waals surface area contributed by atoms with Crippen LogP contribution in [-0.2, 0) is 11.8 Å². The van der Waals surface area contributed by atoms with E-state index in [9.17, 15) is 9.90 Å². The number of H-pyrrole nitrogens is 1. The van der Waals surface area contributed by atoms with Gasteiger partial charge in [-0.15, -0.1) is 0 Å². The number of hydrogen-bond acceptors (Lipinski definition) is 5. The summed E-state index contributed by atoms with van der Waals surface area (Å²) in [7, 11) is 0. The van der Waals surface area contributed by atoms with E-state index in [1.807, 2.05) is 38.1 Å². The summed E-state index contributed by atoms with van der Waals surface area (Å²) in [6.07, 6.45) is 0.461. The lowest BCUT2D eigenvalue weighted by molar-refractivity contribution is 0.0916. The van der Waals surface area contributed by atoms with Crippen LogP contribution in [0.25, 0.3) is 11.4 Å². The molecule has 1 unspecified atom stereocenters. The van der Waals surface area contributed by atoms with Gasteiger partial charge in [0.25, 0.3) is 5.91 Å². The second-order valence-electron chi connectivity index (χ2n) is 9.32. The predicted molar refractivity (Wildman–Crippen MR) is 130 cm³/mol. The summed E-state index contributed by atoms with van der Waals surface area (Å²) >= 11 is 6.24. The Kier molecular flexibility index (Phi) is 7.76. The molecule has 0 aliphatic rings. The number of nitrogens with one attached hydrogen (secondary N) is 2. The SMILES string of the molecule is CC(C)Oc1ccc(C(=O)NC(CO)Cc2ccc(-c3n[nH]c(C(C)(C)C)n3)cc2)cc1Cl. The first-order valence-electron chi connectivity index (χ1n) is 11.0. The van der Waals surface area contributed by atoms with Crippen LogP contribution in [0.4, 0.5) is 0 Å². The second kappa shape index (κ2) is 10.4. The summed E-state index contributed by atoms with van der Waals surface area (Å²) in [6, 6.07) is 12.2. The number of aliphatic hydroxyl groups excluding tert-OH is 1. The Hall–Kier alpha value is -2.90. The van der Waals surface area contributed by atoms with Gasteiger partial charge in [-0.25, -0.2) is 4.98 Å².